The summed E-state index contributed by atoms with van der Waals surface area (Å²) in [5.41, 5.74) is 0. The molecule has 0 saturated heterocycles. The number of methoxy groups -OCH3 is 1. The Morgan fingerprint density at radius 1 is 1.80 bits per heavy atom. The zero-order chi connectivity index (χ0) is 4.12. The summed E-state index contributed by atoms with van der Waals surface area (Å²) in [5, 5.41) is 0. The molecule has 0 aromatic carbocycles. The van der Waals surface area contributed by atoms with Crippen molar-refractivity contribution >= 4 is 0 Å². The third-order valence-corrected chi connectivity index (χ3v) is 0.188. The lowest BCUT2D eigenvalue weighted by Crippen LogP contribution is -1.57. The Morgan fingerprint density at radius 2 is 2.40 bits per heavy atom. The third-order valence-electron chi connectivity index (χ3n) is 0.188. The second kappa shape index (κ2) is 3.47. The molecule has 0 amide bonds. The van der Waals surface area contributed by atoms with Crippen LogP contribution >= 0.6 is 0 Å². The molecule has 0 N–H and O–H groups in total. The van der Waals surface area contributed by atoms with Gasteiger partial charge >= 0.3 is 0 Å². The molecule has 0 atom stereocenters. The van der Waals surface area contributed by atoms with Crippen LogP contribution in [0.2, 0.25) is 0 Å². The van der Waals surface area contributed by atoms with E-state index in [9.17, 15) is 4.39 Å². The first kappa shape index (κ1) is 4.47. The molecular weight excluding hydrogens is 71.0 g/mol. The number of hydrogen-bond donors (Lipinski definition) is 0. The molecule has 0 radical (unpaired) electrons. The van der Waals surface area contributed by atoms with Gasteiger partial charge in [0.25, 0.3) is 0 Å². The lowest BCUT2D eigenvalue weighted by Gasteiger charge is -1.74. The van der Waals surface area contributed by atoms with Gasteiger partial charge < -0.3 is 4.74 Å². The molecule has 2 heteroatoms. The van der Waals surface area contributed by atoms with Crippen LogP contribution in [0.15, 0.2) is 12.6 Å². The highest BCUT2D eigenvalue weighted by molar-refractivity contribution is 4.54. The molecule has 0 aliphatic carbocycles. The summed E-state index contributed by atoms with van der Waals surface area (Å²) in [6.07, 6.45) is 1.29. The van der Waals surface area contributed by atoms with E-state index in [1.165, 1.54) is 7.11 Å². The van der Waals surface area contributed by atoms with Gasteiger partial charge in [-0.05, 0) is 0 Å². The van der Waals surface area contributed by atoms with Crippen LogP contribution < -0.4 is 0 Å². The summed E-state index contributed by atoms with van der Waals surface area (Å²) >= 11 is 0. The Morgan fingerprint density at radius 3 is 2.40 bits per heavy atom. The van der Waals surface area contributed by atoms with Crippen molar-refractivity contribution in [2.75, 3.05) is 7.11 Å². The van der Waals surface area contributed by atoms with Crippen LogP contribution in [0.5, 0.6) is 0 Å². The number of ether oxygens (including phenoxy) is 1. The predicted octanol–water partition coefficient (Wildman–Crippen LogP) is 1.07. The first-order valence-electron chi connectivity index (χ1n) is 1.20. The molecular formula is C3H5FO. The van der Waals surface area contributed by atoms with Gasteiger partial charge in [0.15, 0.2) is 0 Å². The second-order valence-corrected chi connectivity index (χ2v) is 0.498. The van der Waals surface area contributed by atoms with E-state index >= 15 is 0 Å². The summed E-state index contributed by atoms with van der Waals surface area (Å²) in [6, 6.07) is 0. The van der Waals surface area contributed by atoms with Gasteiger partial charge in [-0.3, -0.25) is 0 Å². The van der Waals surface area contributed by atoms with E-state index in [1.54, 1.807) is 0 Å². The van der Waals surface area contributed by atoms with Gasteiger partial charge in [0.2, 0.25) is 0 Å². The largest absolute Gasteiger partial charge is 0.502 e. The molecule has 1 nitrogen and oxygen atoms in total. The van der Waals surface area contributed by atoms with E-state index in [0.29, 0.717) is 6.33 Å². The van der Waals surface area contributed by atoms with E-state index < -0.39 is 0 Å². The fourth-order valence-corrected chi connectivity index (χ4v) is 0.0514. The highest BCUT2D eigenvalue weighted by atomic mass is 19.1. The SMILES string of the molecule is COC=CF. The Labute approximate surface area is 30.1 Å². The van der Waals surface area contributed by atoms with Crippen molar-refractivity contribution in [3.8, 4) is 0 Å². The molecule has 0 heterocycles. The average Bonchev–Trinajstić information content (AvgIpc) is 1.41. The summed E-state index contributed by atoms with van der Waals surface area (Å²) < 4.78 is 14.8. The Bertz CT molecular complexity index is 33.9. The molecule has 0 aliphatic heterocycles. The molecule has 0 aromatic rings. The minimum Gasteiger partial charge on any atom is -0.502 e. The Hall–Kier alpha value is -0.530. The van der Waals surface area contributed by atoms with Crippen molar-refractivity contribution in [3.05, 3.63) is 12.6 Å². The van der Waals surface area contributed by atoms with E-state index in [1.807, 2.05) is 0 Å². The first-order chi connectivity index (χ1) is 2.41. The predicted molar refractivity (Wildman–Crippen MR) is 17.3 cm³/mol. The van der Waals surface area contributed by atoms with E-state index in [-0.39, 0.29) is 0 Å². The molecule has 0 saturated carbocycles. The minimum atomic E-state index is 0.333. The Kier molecular flexibility index (Phi) is 3.10. The van der Waals surface area contributed by atoms with E-state index in [2.05, 4.69) is 4.74 Å². The van der Waals surface area contributed by atoms with Gasteiger partial charge in [0.1, 0.15) is 12.6 Å². The Balaban J connectivity index is 2.62. The van der Waals surface area contributed by atoms with Gasteiger partial charge in [0, 0.05) is 0 Å². The molecule has 0 spiro atoms. The monoisotopic (exact) mass is 76.0 g/mol. The van der Waals surface area contributed by atoms with E-state index in [0.717, 1.165) is 6.26 Å². The van der Waals surface area contributed by atoms with Crippen LogP contribution in [0.4, 0.5) is 4.39 Å². The van der Waals surface area contributed by atoms with Crippen LogP contribution in [0.25, 0.3) is 0 Å². The summed E-state index contributed by atoms with van der Waals surface area (Å²) in [7, 11) is 1.38. The van der Waals surface area contributed by atoms with Crippen LogP contribution in [0.3, 0.4) is 0 Å². The standard InChI is InChI=1S/C3H5FO/c1-5-3-2-4/h2-3H,1H3. The second-order valence-electron chi connectivity index (χ2n) is 0.498. The van der Waals surface area contributed by atoms with Crippen molar-refractivity contribution in [3.63, 3.8) is 0 Å². The molecule has 0 rings (SSSR count). The zero-order valence-corrected chi connectivity index (χ0v) is 2.94. The molecule has 0 bridgehead atoms. The third kappa shape index (κ3) is 3.47. The van der Waals surface area contributed by atoms with Crippen LogP contribution in [0.1, 0.15) is 0 Å². The summed E-state index contributed by atoms with van der Waals surface area (Å²) in [5.74, 6) is 0. The highest BCUT2D eigenvalue weighted by Crippen LogP contribution is 1.68. The van der Waals surface area contributed by atoms with Gasteiger partial charge in [0.05, 0.1) is 7.11 Å². The topological polar surface area (TPSA) is 9.23 Å². The van der Waals surface area contributed by atoms with Crippen molar-refractivity contribution in [1.82, 2.24) is 0 Å². The van der Waals surface area contributed by atoms with Gasteiger partial charge in [-0.1, -0.05) is 0 Å². The maximum atomic E-state index is 10.7. The highest BCUT2D eigenvalue weighted by Gasteiger charge is 1.51. The minimum absolute atomic E-state index is 0.333. The smallest absolute Gasteiger partial charge is 0.121 e. The maximum absolute atomic E-state index is 10.7. The quantitative estimate of drug-likeness (QED) is 0.424. The fraction of sp³-hybridized carbons (Fsp3) is 0.333. The fourth-order valence-electron chi connectivity index (χ4n) is 0.0514. The molecule has 0 aliphatic rings. The summed E-state index contributed by atoms with van der Waals surface area (Å²) in [4.78, 5) is 0. The summed E-state index contributed by atoms with van der Waals surface area (Å²) in [6.45, 7) is 0. The van der Waals surface area contributed by atoms with Crippen molar-refractivity contribution in [2.24, 2.45) is 0 Å². The zero-order valence-electron chi connectivity index (χ0n) is 2.94. The van der Waals surface area contributed by atoms with Crippen molar-refractivity contribution < 1.29 is 9.13 Å². The molecule has 0 aromatic heterocycles. The molecule has 0 unspecified atom stereocenters. The van der Waals surface area contributed by atoms with Gasteiger partial charge in [-0.25, -0.2) is 4.39 Å². The maximum Gasteiger partial charge on any atom is 0.121 e. The number of rotatable bonds is 1. The van der Waals surface area contributed by atoms with Crippen LogP contribution in [-0.4, -0.2) is 7.11 Å². The normalized spacial score (nSPS) is 9.20. The van der Waals surface area contributed by atoms with Crippen LogP contribution in [0, 0.1) is 0 Å². The molecule has 30 valence electrons. The first-order valence-corrected chi connectivity index (χ1v) is 1.20. The lowest BCUT2D eigenvalue weighted by atomic mass is 11.1. The molecule has 0 fully saturated rings. The number of hydrogen-bond acceptors (Lipinski definition) is 1. The van der Waals surface area contributed by atoms with Gasteiger partial charge in [-0.2, -0.15) is 0 Å². The van der Waals surface area contributed by atoms with Crippen molar-refractivity contribution in [2.45, 2.75) is 0 Å². The van der Waals surface area contributed by atoms with E-state index in [4.69, 9.17) is 0 Å². The van der Waals surface area contributed by atoms with Gasteiger partial charge in [-0.15, -0.1) is 0 Å². The lowest BCUT2D eigenvalue weighted by molar-refractivity contribution is 0.330. The average molecular weight is 76.1 g/mol. The van der Waals surface area contributed by atoms with Crippen LogP contribution in [-0.2, 0) is 4.74 Å². The number of halogens is 1. The molecule has 5 heavy (non-hydrogen) atoms. The van der Waals surface area contributed by atoms with Crippen molar-refractivity contribution in [1.29, 1.82) is 0 Å².